The number of benzene rings is 1. The van der Waals surface area contributed by atoms with Crippen LogP contribution in [0.15, 0.2) is 74.2 Å². The van der Waals surface area contributed by atoms with Crippen LogP contribution in [-0.2, 0) is 0 Å². The maximum Gasteiger partial charge on any atom is 0.313 e. The minimum atomic E-state index is -0.529. The van der Waals surface area contributed by atoms with E-state index in [0.717, 1.165) is 4.90 Å². The van der Waals surface area contributed by atoms with Gasteiger partial charge in [0.05, 0.1) is 11.1 Å². The van der Waals surface area contributed by atoms with Crippen molar-refractivity contribution in [3.8, 4) is 0 Å². The molecule has 0 amide bonds. The summed E-state index contributed by atoms with van der Waals surface area (Å²) < 4.78 is 5.62. The highest BCUT2D eigenvalue weighted by Crippen LogP contribution is 2.29. The number of rotatable bonds is 6. The first-order valence-corrected chi connectivity index (χ1v) is 8.23. The van der Waals surface area contributed by atoms with Gasteiger partial charge in [-0.2, -0.15) is 5.10 Å². The van der Waals surface area contributed by atoms with Gasteiger partial charge >= 0.3 is 5.69 Å². The predicted molar refractivity (Wildman–Crippen MR) is 96.4 cm³/mol. The third-order valence-corrected chi connectivity index (χ3v) is 4.16. The first-order valence-electron chi connectivity index (χ1n) is 7.03. The van der Waals surface area contributed by atoms with Crippen LogP contribution in [0.5, 0.6) is 0 Å². The topological polar surface area (TPSA) is 93.6 Å². The van der Waals surface area contributed by atoms with Crippen molar-refractivity contribution < 1.29 is 9.34 Å². The Hall–Kier alpha value is -2.84. The van der Waals surface area contributed by atoms with Gasteiger partial charge in [0, 0.05) is 22.2 Å². The lowest BCUT2D eigenvalue weighted by Gasteiger charge is -1.99. The fourth-order valence-corrected chi connectivity index (χ4v) is 2.77. The Bertz CT molecular complexity index is 912. The molecule has 0 bridgehead atoms. The summed E-state index contributed by atoms with van der Waals surface area (Å²) in [5.74, 6) is 0.564. The molecule has 9 heteroatoms. The summed E-state index contributed by atoms with van der Waals surface area (Å²) in [5.41, 5.74) is 2.39. The van der Waals surface area contributed by atoms with Gasteiger partial charge in [0.15, 0.2) is 5.09 Å². The molecule has 2 aromatic heterocycles. The van der Waals surface area contributed by atoms with Crippen LogP contribution in [0.2, 0.25) is 5.02 Å². The molecule has 126 valence electrons. The lowest BCUT2D eigenvalue weighted by atomic mass is 10.4. The second kappa shape index (κ2) is 7.82. The maximum atomic E-state index is 10.9. The zero-order valence-electron chi connectivity index (χ0n) is 12.6. The average Bonchev–Trinajstić information content (AvgIpc) is 3.04. The minimum Gasteiger partial charge on any atom is -0.448 e. The van der Waals surface area contributed by atoms with E-state index in [2.05, 4.69) is 15.5 Å². The number of hydrazone groups is 1. The SMILES string of the molecule is O=[N+]([O-])c1cccnc1N/N=C\c1ccc(Sc2ccc(Cl)cc2)o1. The van der Waals surface area contributed by atoms with E-state index in [1.54, 1.807) is 18.2 Å². The molecule has 7 nitrogen and oxygen atoms in total. The van der Waals surface area contributed by atoms with Gasteiger partial charge in [-0.3, -0.25) is 15.5 Å². The van der Waals surface area contributed by atoms with E-state index in [9.17, 15) is 10.1 Å². The number of furan rings is 1. The molecule has 0 aliphatic carbocycles. The van der Waals surface area contributed by atoms with Crippen molar-refractivity contribution in [1.82, 2.24) is 4.98 Å². The third-order valence-electron chi connectivity index (χ3n) is 2.98. The number of pyridine rings is 1. The third kappa shape index (κ3) is 4.59. The van der Waals surface area contributed by atoms with Crippen molar-refractivity contribution >= 4 is 41.1 Å². The summed E-state index contributed by atoms with van der Waals surface area (Å²) in [6, 6.07) is 13.8. The molecule has 0 saturated heterocycles. The van der Waals surface area contributed by atoms with Gasteiger partial charge in [-0.05, 0) is 42.5 Å². The fraction of sp³-hybridized carbons (Fsp3) is 0. The van der Waals surface area contributed by atoms with Gasteiger partial charge in [-0.1, -0.05) is 23.4 Å². The van der Waals surface area contributed by atoms with Gasteiger partial charge in [0.1, 0.15) is 5.76 Å². The quantitative estimate of drug-likeness (QED) is 0.377. The smallest absolute Gasteiger partial charge is 0.313 e. The van der Waals surface area contributed by atoms with E-state index in [1.807, 2.05) is 18.2 Å². The van der Waals surface area contributed by atoms with Gasteiger partial charge < -0.3 is 4.42 Å². The molecule has 0 aliphatic heterocycles. The molecule has 0 saturated carbocycles. The Labute approximate surface area is 151 Å². The van der Waals surface area contributed by atoms with E-state index in [4.69, 9.17) is 16.0 Å². The summed E-state index contributed by atoms with van der Waals surface area (Å²) >= 11 is 7.30. The summed E-state index contributed by atoms with van der Waals surface area (Å²) in [4.78, 5) is 15.2. The van der Waals surface area contributed by atoms with Crippen LogP contribution >= 0.6 is 23.4 Å². The molecular formula is C16H11ClN4O3S. The molecule has 0 radical (unpaired) electrons. The van der Waals surface area contributed by atoms with E-state index >= 15 is 0 Å². The van der Waals surface area contributed by atoms with Crippen molar-refractivity contribution in [2.24, 2.45) is 5.10 Å². The molecule has 0 fully saturated rings. The van der Waals surface area contributed by atoms with Crippen LogP contribution in [0.1, 0.15) is 5.76 Å². The Morgan fingerprint density at radius 2 is 2.04 bits per heavy atom. The first kappa shape index (κ1) is 17.0. The highest BCUT2D eigenvalue weighted by atomic mass is 35.5. The Morgan fingerprint density at radius 1 is 1.24 bits per heavy atom. The van der Waals surface area contributed by atoms with Crippen molar-refractivity contribution in [2.45, 2.75) is 9.99 Å². The van der Waals surface area contributed by atoms with E-state index in [-0.39, 0.29) is 11.5 Å². The highest BCUT2D eigenvalue weighted by Gasteiger charge is 2.13. The van der Waals surface area contributed by atoms with Crippen molar-refractivity contribution in [2.75, 3.05) is 5.43 Å². The number of nitrogens with zero attached hydrogens (tertiary/aromatic N) is 3. The molecule has 0 atom stereocenters. The van der Waals surface area contributed by atoms with E-state index in [0.29, 0.717) is 15.9 Å². The zero-order chi connectivity index (χ0) is 17.6. The van der Waals surface area contributed by atoms with Crippen molar-refractivity contribution in [3.63, 3.8) is 0 Å². The molecule has 0 aliphatic rings. The molecule has 3 rings (SSSR count). The molecule has 3 aromatic rings. The summed E-state index contributed by atoms with van der Waals surface area (Å²) in [5, 5.41) is 16.2. The summed E-state index contributed by atoms with van der Waals surface area (Å²) in [6.07, 6.45) is 2.86. The lowest BCUT2D eigenvalue weighted by Crippen LogP contribution is -1.98. The Balaban J connectivity index is 1.64. The fourth-order valence-electron chi connectivity index (χ4n) is 1.86. The lowest BCUT2D eigenvalue weighted by molar-refractivity contribution is -0.384. The van der Waals surface area contributed by atoms with Crippen LogP contribution in [0.25, 0.3) is 0 Å². The van der Waals surface area contributed by atoms with Crippen LogP contribution < -0.4 is 5.43 Å². The number of nitrogens with one attached hydrogen (secondary N) is 1. The van der Waals surface area contributed by atoms with Crippen LogP contribution in [0.3, 0.4) is 0 Å². The van der Waals surface area contributed by atoms with Crippen molar-refractivity contribution in [3.05, 3.63) is 75.6 Å². The predicted octanol–water partition coefficient (Wildman–Crippen LogP) is 4.83. The monoisotopic (exact) mass is 374 g/mol. The number of aromatic nitrogens is 1. The van der Waals surface area contributed by atoms with Crippen LogP contribution in [0.4, 0.5) is 11.5 Å². The largest absolute Gasteiger partial charge is 0.448 e. The molecule has 1 N–H and O–H groups in total. The maximum absolute atomic E-state index is 10.9. The zero-order valence-corrected chi connectivity index (χ0v) is 14.2. The summed E-state index contributed by atoms with van der Waals surface area (Å²) in [6.45, 7) is 0. The summed E-state index contributed by atoms with van der Waals surface area (Å²) in [7, 11) is 0. The molecule has 2 heterocycles. The van der Waals surface area contributed by atoms with E-state index in [1.165, 1.54) is 36.3 Å². The number of hydrogen-bond donors (Lipinski definition) is 1. The molecule has 0 spiro atoms. The van der Waals surface area contributed by atoms with Gasteiger partial charge in [0.25, 0.3) is 0 Å². The van der Waals surface area contributed by atoms with E-state index < -0.39 is 4.92 Å². The number of anilines is 1. The highest BCUT2D eigenvalue weighted by molar-refractivity contribution is 7.99. The minimum absolute atomic E-state index is 0.0612. The molecule has 1 aromatic carbocycles. The normalized spacial score (nSPS) is 10.9. The molecule has 0 unspecified atom stereocenters. The molecule has 25 heavy (non-hydrogen) atoms. The second-order valence-electron chi connectivity index (χ2n) is 4.71. The Kier molecular flexibility index (Phi) is 5.32. The average molecular weight is 375 g/mol. The number of halogens is 1. The van der Waals surface area contributed by atoms with Gasteiger partial charge in [0.2, 0.25) is 5.82 Å². The Morgan fingerprint density at radius 3 is 2.80 bits per heavy atom. The number of nitro groups is 1. The first-order chi connectivity index (χ1) is 12.1. The van der Waals surface area contributed by atoms with Crippen molar-refractivity contribution in [1.29, 1.82) is 0 Å². The van der Waals surface area contributed by atoms with Crippen LogP contribution in [-0.4, -0.2) is 16.1 Å². The standard InChI is InChI=1S/C16H11ClN4O3S/c17-11-3-6-13(7-4-11)25-15-8-5-12(24-15)10-19-20-16-14(21(22)23)2-1-9-18-16/h1-10H,(H,18,20)/b19-10-. The molecular weight excluding hydrogens is 364 g/mol. The number of hydrogen-bond acceptors (Lipinski definition) is 7. The van der Waals surface area contributed by atoms with Gasteiger partial charge in [-0.25, -0.2) is 4.98 Å². The van der Waals surface area contributed by atoms with Gasteiger partial charge in [-0.15, -0.1) is 0 Å². The second-order valence-corrected chi connectivity index (χ2v) is 6.23. The van der Waals surface area contributed by atoms with Crippen LogP contribution in [0, 0.1) is 10.1 Å².